The highest BCUT2D eigenvalue weighted by molar-refractivity contribution is 7.87. The van der Waals surface area contributed by atoms with Gasteiger partial charge in [-0.3, -0.25) is 4.99 Å². The molecule has 0 aliphatic carbocycles. The lowest BCUT2D eigenvalue weighted by molar-refractivity contribution is -0.191. The van der Waals surface area contributed by atoms with Crippen molar-refractivity contribution in [1.29, 1.82) is 0 Å². The van der Waals surface area contributed by atoms with Gasteiger partial charge in [-0.2, -0.15) is 40.9 Å². The number of hydrogen-bond donors (Lipinski definition) is 1. The Labute approximate surface area is 266 Å². The number of nitrogens with one attached hydrogen (secondary N) is 1. The Balaban J connectivity index is 0.00000128. The number of thiazole rings is 1. The van der Waals surface area contributed by atoms with Gasteiger partial charge < -0.3 is 4.90 Å². The average molecular weight is 684 g/mol. The van der Waals surface area contributed by atoms with Crippen molar-refractivity contribution in [2.45, 2.75) is 51.2 Å². The summed E-state index contributed by atoms with van der Waals surface area (Å²) in [6.07, 6.45) is 5.98. The molecule has 240 valence electrons. The lowest BCUT2D eigenvalue weighted by Crippen LogP contribution is -2.49. The van der Waals surface area contributed by atoms with Crippen LogP contribution in [0.1, 0.15) is 61.5 Å². The molecule has 45 heavy (non-hydrogen) atoms. The molecular formula is C28H29ClF3N7O4S2. The fraction of sp³-hybridized carbons (Fsp3) is 0.429. The molecule has 0 radical (unpaired) electrons. The van der Waals surface area contributed by atoms with E-state index in [4.69, 9.17) is 26.2 Å². The van der Waals surface area contributed by atoms with Crippen molar-refractivity contribution in [3.63, 3.8) is 0 Å². The highest BCUT2D eigenvalue weighted by Crippen LogP contribution is 2.46. The smallest absolute Gasteiger partial charge is 0.326 e. The number of halogens is 4. The number of hydrogen-bond acceptors (Lipinski definition) is 9. The Morgan fingerprint density at radius 1 is 1.20 bits per heavy atom. The van der Waals surface area contributed by atoms with E-state index in [2.05, 4.69) is 21.7 Å². The molecule has 2 atom stereocenters. The topological polar surface area (TPSA) is 130 Å². The molecule has 0 amide bonds. The third-order valence-electron chi connectivity index (χ3n) is 8.03. The molecule has 17 heteroatoms. The number of amidine groups is 1. The molecule has 3 aliphatic rings. The number of alkyl halides is 2. The fourth-order valence-electron chi connectivity index (χ4n) is 5.88. The highest BCUT2D eigenvalue weighted by Gasteiger charge is 2.42. The van der Waals surface area contributed by atoms with E-state index in [0.717, 1.165) is 19.3 Å². The minimum absolute atomic E-state index is 0.118. The van der Waals surface area contributed by atoms with Gasteiger partial charge in [0.25, 0.3) is 10.2 Å². The van der Waals surface area contributed by atoms with Crippen molar-refractivity contribution in [3.8, 4) is 0 Å². The zero-order chi connectivity index (χ0) is 32.3. The van der Waals surface area contributed by atoms with Crippen LogP contribution in [0.5, 0.6) is 0 Å². The van der Waals surface area contributed by atoms with E-state index < -0.39 is 34.7 Å². The predicted octanol–water partition coefficient (Wildman–Crippen LogP) is 4.89. The van der Waals surface area contributed by atoms with Gasteiger partial charge in [0.1, 0.15) is 11.9 Å². The van der Waals surface area contributed by atoms with E-state index in [0.29, 0.717) is 51.4 Å². The molecule has 11 nitrogen and oxygen atoms in total. The first-order valence-corrected chi connectivity index (χ1v) is 16.8. The van der Waals surface area contributed by atoms with Crippen LogP contribution in [0, 0.1) is 11.7 Å². The molecule has 0 unspecified atom stereocenters. The second-order valence-electron chi connectivity index (χ2n) is 10.6. The highest BCUT2D eigenvalue weighted by atomic mass is 35.5. The predicted molar refractivity (Wildman–Crippen MR) is 160 cm³/mol. The number of aliphatic imine (C=N–C) groups is 1. The van der Waals surface area contributed by atoms with Crippen LogP contribution in [0.2, 0.25) is 5.02 Å². The molecule has 3 aromatic rings. The number of aromatic nitrogens is 3. The second-order valence-corrected chi connectivity index (χ2v) is 13.6. The summed E-state index contributed by atoms with van der Waals surface area (Å²) < 4.78 is 72.9. The summed E-state index contributed by atoms with van der Waals surface area (Å²) in [7, 11) is -3.78. The molecule has 5 heterocycles. The molecule has 2 saturated heterocycles. The van der Waals surface area contributed by atoms with Crippen molar-refractivity contribution in [3.05, 3.63) is 74.8 Å². The molecule has 6 rings (SSSR count). The van der Waals surface area contributed by atoms with Crippen LogP contribution < -0.4 is 4.72 Å². The van der Waals surface area contributed by atoms with Crippen molar-refractivity contribution in [2.75, 3.05) is 19.6 Å². The zero-order valence-corrected chi connectivity index (χ0v) is 26.3. The van der Waals surface area contributed by atoms with E-state index >= 15 is 0 Å². The van der Waals surface area contributed by atoms with Crippen molar-refractivity contribution in [2.24, 2.45) is 10.9 Å². The summed E-state index contributed by atoms with van der Waals surface area (Å²) in [6, 6.07) is 4.06. The summed E-state index contributed by atoms with van der Waals surface area (Å²) in [5.41, 5.74) is 1.86. The number of piperidine rings is 1. The van der Waals surface area contributed by atoms with Gasteiger partial charge in [-0.1, -0.05) is 31.0 Å². The van der Waals surface area contributed by atoms with Crippen molar-refractivity contribution >= 4 is 50.7 Å². The molecule has 2 fully saturated rings. The lowest BCUT2D eigenvalue weighted by Gasteiger charge is -2.32. The first-order valence-electron chi connectivity index (χ1n) is 14.1. The first kappa shape index (κ1) is 33.0. The largest absolute Gasteiger partial charge is 0.373 e. The van der Waals surface area contributed by atoms with Crippen molar-refractivity contribution < 1.29 is 31.2 Å². The van der Waals surface area contributed by atoms with Gasteiger partial charge in [-0.25, -0.2) is 14.1 Å². The van der Waals surface area contributed by atoms with E-state index in [1.165, 1.54) is 46.1 Å². The Hall–Kier alpha value is -3.40. The maximum absolute atomic E-state index is 14.0. The molecule has 1 aromatic carbocycles. The molecule has 0 spiro atoms. The van der Waals surface area contributed by atoms with Crippen LogP contribution in [0.15, 0.2) is 52.7 Å². The monoisotopic (exact) mass is 683 g/mol. The number of carbonyl (C=O) groups excluding carboxylic acids is 2. The van der Waals surface area contributed by atoms with Gasteiger partial charge in [0.2, 0.25) is 0 Å². The summed E-state index contributed by atoms with van der Waals surface area (Å²) in [5, 5.41) is 6.65. The number of rotatable bonds is 8. The van der Waals surface area contributed by atoms with E-state index in [1.807, 2.05) is 4.90 Å². The van der Waals surface area contributed by atoms with E-state index in [1.54, 1.807) is 11.6 Å². The minimum atomic E-state index is -3.78. The number of benzene rings is 1. The quantitative estimate of drug-likeness (QED) is 0.358. The van der Waals surface area contributed by atoms with Crippen LogP contribution in [0.25, 0.3) is 5.57 Å². The standard InChI is InChI=1S/C27H29ClF3N7O2S2.CO2/c1-2-16-5-9-36(10-6-16)42(39,40)35-18-14-22-23(21-7-11-38(34-21)27(30)31)24(19-4-3-17(29)13-20(19)28)33-25(37(22)15-18)26-32-8-12-41-26;2-1-3/h3-4,7-8,11-13,16,18,24,27,35H,2,5-6,9-10,14-15H2,1H3;/t18-,24-;/m0./s1. The maximum Gasteiger partial charge on any atom is 0.373 e. The summed E-state index contributed by atoms with van der Waals surface area (Å²) >= 11 is 7.87. The Kier molecular flexibility index (Phi) is 10.2. The number of nitrogens with zero attached hydrogens (tertiary/aromatic N) is 6. The van der Waals surface area contributed by atoms with Gasteiger partial charge >= 0.3 is 12.7 Å². The second kappa shape index (κ2) is 13.9. The Bertz CT molecular complexity index is 1720. The normalized spacial score (nSPS) is 20.9. The summed E-state index contributed by atoms with van der Waals surface area (Å²) in [5.74, 6) is 0.484. The molecular weight excluding hydrogens is 655 g/mol. The van der Waals surface area contributed by atoms with Crippen LogP contribution >= 0.6 is 22.9 Å². The van der Waals surface area contributed by atoms with E-state index in [9.17, 15) is 21.6 Å². The Morgan fingerprint density at radius 3 is 2.53 bits per heavy atom. The first-order chi connectivity index (χ1) is 21.6. The molecule has 3 aliphatic heterocycles. The zero-order valence-electron chi connectivity index (χ0n) is 23.9. The lowest BCUT2D eigenvalue weighted by atomic mass is 9.92. The van der Waals surface area contributed by atoms with Crippen LogP contribution in [0.4, 0.5) is 13.2 Å². The third-order valence-corrected chi connectivity index (χ3v) is 10.8. The third kappa shape index (κ3) is 7.05. The fourth-order valence-corrected chi connectivity index (χ4v) is 8.21. The average Bonchev–Trinajstić information content (AvgIpc) is 3.78. The van der Waals surface area contributed by atoms with Crippen LogP contribution in [0.3, 0.4) is 0 Å². The SMILES string of the molecule is CCC1CCN(S(=O)(=O)N[C@H]2CC3=C(c4ccn(C(F)F)n4)[C@H](c4ccc(F)cc4Cl)N=C(c4nccs4)N3C2)CC1.O=C=O. The van der Waals surface area contributed by atoms with Gasteiger partial charge in [0.05, 0.1) is 5.69 Å². The molecule has 0 bridgehead atoms. The maximum atomic E-state index is 14.0. The van der Waals surface area contributed by atoms with Gasteiger partial charge in [0.15, 0.2) is 10.8 Å². The minimum Gasteiger partial charge on any atom is -0.326 e. The summed E-state index contributed by atoms with van der Waals surface area (Å²) in [4.78, 5) is 27.5. The van der Waals surface area contributed by atoms with Gasteiger partial charge in [-0.05, 0) is 37.0 Å². The van der Waals surface area contributed by atoms with Crippen molar-refractivity contribution in [1.82, 2.24) is 28.7 Å². The molecule has 1 N–H and O–H groups in total. The summed E-state index contributed by atoms with van der Waals surface area (Å²) in [6.45, 7) is 0.430. The van der Waals surface area contributed by atoms with Crippen LogP contribution in [-0.2, 0) is 19.8 Å². The van der Waals surface area contributed by atoms with Gasteiger partial charge in [-0.15, -0.1) is 11.3 Å². The van der Waals surface area contributed by atoms with Crippen LogP contribution in [-0.4, -0.2) is 70.1 Å². The molecule has 2 aromatic heterocycles. The number of fused-ring (bicyclic) bond motifs is 1. The van der Waals surface area contributed by atoms with Gasteiger partial charge in [0, 0.05) is 71.7 Å². The van der Waals surface area contributed by atoms with E-state index in [-0.39, 0.29) is 29.8 Å². The molecule has 0 saturated carbocycles. The Morgan fingerprint density at radius 2 is 1.93 bits per heavy atom.